The quantitative estimate of drug-likeness (QED) is 0.499. The van der Waals surface area contributed by atoms with Gasteiger partial charge in [-0.05, 0) is 36.8 Å². The third-order valence-corrected chi connectivity index (χ3v) is 6.33. The molecule has 3 rings (SSSR count). The van der Waals surface area contributed by atoms with Crippen molar-refractivity contribution in [3.05, 3.63) is 65.2 Å². The molecule has 0 aromatic heterocycles. The lowest BCUT2D eigenvalue weighted by Gasteiger charge is -2.20. The largest absolute Gasteiger partial charge is 0.378 e. The molecule has 0 fully saturated rings. The molecule has 148 valence electrons. The molecule has 0 aliphatic carbocycles. The van der Waals surface area contributed by atoms with Crippen molar-refractivity contribution in [2.75, 3.05) is 36.9 Å². The molecule has 0 radical (unpaired) electrons. The summed E-state index contributed by atoms with van der Waals surface area (Å²) in [5.74, 6) is -0.897. The van der Waals surface area contributed by atoms with Crippen LogP contribution in [0.2, 0.25) is 0 Å². The van der Waals surface area contributed by atoms with Gasteiger partial charge in [0.05, 0.1) is 42.3 Å². The van der Waals surface area contributed by atoms with E-state index in [1.54, 1.807) is 42.5 Å². The van der Waals surface area contributed by atoms with E-state index in [2.05, 4.69) is 0 Å². The number of imide groups is 1. The Bertz CT molecular complexity index is 968. The summed E-state index contributed by atoms with van der Waals surface area (Å²) in [5, 5.41) is 0. The minimum absolute atomic E-state index is 0.0261. The van der Waals surface area contributed by atoms with E-state index in [1.165, 1.54) is 11.4 Å². The summed E-state index contributed by atoms with van der Waals surface area (Å²) >= 11 is 0. The van der Waals surface area contributed by atoms with Gasteiger partial charge in [-0.15, -0.1) is 0 Å². The number of fused-ring (bicyclic) bond motifs is 1. The molecule has 28 heavy (non-hydrogen) atoms. The minimum atomic E-state index is -3.53. The Kier molecular flexibility index (Phi) is 5.81. The van der Waals surface area contributed by atoms with Crippen molar-refractivity contribution in [3.63, 3.8) is 0 Å². The first-order chi connectivity index (χ1) is 13.3. The molecule has 0 N–H and O–H groups in total. The van der Waals surface area contributed by atoms with Crippen LogP contribution in [0.15, 0.2) is 48.5 Å². The van der Waals surface area contributed by atoms with Gasteiger partial charge in [-0.2, -0.15) is 0 Å². The van der Waals surface area contributed by atoms with Gasteiger partial charge in [-0.1, -0.05) is 24.3 Å². The topological polar surface area (TPSA) is 84.0 Å². The fraction of sp³-hybridized carbons (Fsp3) is 0.300. The number of anilines is 1. The number of aryl methyl sites for hydroxylation is 1. The highest BCUT2D eigenvalue weighted by atomic mass is 32.2. The smallest absolute Gasteiger partial charge is 0.261 e. The number of carbonyl (C=O) groups excluding carboxylic acids is 2. The third kappa shape index (κ3) is 4.07. The minimum Gasteiger partial charge on any atom is -0.378 e. The monoisotopic (exact) mass is 402 g/mol. The highest BCUT2D eigenvalue weighted by molar-refractivity contribution is 7.92. The van der Waals surface area contributed by atoms with Crippen molar-refractivity contribution in [1.29, 1.82) is 0 Å². The molecule has 1 heterocycles. The average molecular weight is 402 g/mol. The Morgan fingerprint density at radius 3 is 2.21 bits per heavy atom. The molecule has 0 bridgehead atoms. The van der Waals surface area contributed by atoms with Crippen molar-refractivity contribution in [1.82, 2.24) is 4.90 Å². The first kappa shape index (κ1) is 20.0. The van der Waals surface area contributed by atoms with Gasteiger partial charge >= 0.3 is 0 Å². The second-order valence-electron chi connectivity index (χ2n) is 6.54. The number of amides is 2. The number of carbonyl (C=O) groups is 2. The first-order valence-corrected chi connectivity index (χ1v) is 10.5. The number of nitrogens with zero attached hydrogens (tertiary/aromatic N) is 2. The lowest BCUT2D eigenvalue weighted by molar-refractivity contribution is 0.0575. The molecule has 0 saturated heterocycles. The van der Waals surface area contributed by atoms with E-state index in [0.29, 0.717) is 16.8 Å². The van der Waals surface area contributed by atoms with Crippen LogP contribution in [0.4, 0.5) is 5.69 Å². The molecule has 1 aliphatic heterocycles. The van der Waals surface area contributed by atoms with E-state index in [4.69, 9.17) is 4.74 Å². The van der Waals surface area contributed by atoms with Gasteiger partial charge in [0.2, 0.25) is 10.0 Å². The van der Waals surface area contributed by atoms with E-state index in [1.807, 2.05) is 13.0 Å². The van der Waals surface area contributed by atoms with Crippen molar-refractivity contribution in [2.24, 2.45) is 0 Å². The standard InChI is InChI=1S/C20H22N2O5S/c1-15-6-5-7-16(14-15)21(2)28(25,26)13-12-27-11-10-22-19(23)17-8-3-4-9-18(17)20(22)24/h3-9,14H,10-13H2,1-2H3. The molecule has 0 atom stereocenters. The van der Waals surface area contributed by atoms with Gasteiger partial charge in [-0.25, -0.2) is 8.42 Å². The van der Waals surface area contributed by atoms with E-state index < -0.39 is 10.0 Å². The van der Waals surface area contributed by atoms with Gasteiger partial charge in [-0.3, -0.25) is 18.8 Å². The first-order valence-electron chi connectivity index (χ1n) is 8.87. The van der Waals surface area contributed by atoms with Crippen LogP contribution in [0.3, 0.4) is 0 Å². The number of sulfonamides is 1. The number of hydrogen-bond donors (Lipinski definition) is 0. The second-order valence-corrected chi connectivity index (χ2v) is 8.66. The maximum atomic E-state index is 12.4. The molecular weight excluding hydrogens is 380 g/mol. The lowest BCUT2D eigenvalue weighted by atomic mass is 10.1. The maximum Gasteiger partial charge on any atom is 0.261 e. The van der Waals surface area contributed by atoms with Crippen LogP contribution in [0.5, 0.6) is 0 Å². The number of benzene rings is 2. The normalized spacial score (nSPS) is 13.7. The Hall–Kier alpha value is -2.71. The zero-order valence-electron chi connectivity index (χ0n) is 15.8. The van der Waals surface area contributed by atoms with E-state index in [9.17, 15) is 18.0 Å². The summed E-state index contributed by atoms with van der Waals surface area (Å²) in [6.45, 7) is 2.03. The van der Waals surface area contributed by atoms with Crippen molar-refractivity contribution in [3.8, 4) is 0 Å². The summed E-state index contributed by atoms with van der Waals surface area (Å²) in [4.78, 5) is 25.6. The van der Waals surface area contributed by atoms with E-state index in [-0.39, 0.29) is 37.3 Å². The zero-order chi connectivity index (χ0) is 20.3. The summed E-state index contributed by atoms with van der Waals surface area (Å²) in [5.41, 5.74) is 2.33. The molecule has 0 spiro atoms. The summed E-state index contributed by atoms with van der Waals surface area (Å²) in [6, 6.07) is 13.9. The predicted molar refractivity (Wildman–Crippen MR) is 106 cm³/mol. The highest BCUT2D eigenvalue weighted by Gasteiger charge is 2.34. The van der Waals surface area contributed by atoms with E-state index in [0.717, 1.165) is 10.5 Å². The molecule has 1 aliphatic rings. The number of ether oxygens (including phenoxy) is 1. The summed E-state index contributed by atoms with van der Waals surface area (Å²) in [7, 11) is -2.03. The highest BCUT2D eigenvalue weighted by Crippen LogP contribution is 2.22. The summed E-state index contributed by atoms with van der Waals surface area (Å²) in [6.07, 6.45) is 0. The van der Waals surface area contributed by atoms with Gasteiger partial charge in [0.25, 0.3) is 11.8 Å². The lowest BCUT2D eigenvalue weighted by Crippen LogP contribution is -2.34. The molecule has 2 aromatic carbocycles. The molecule has 0 saturated carbocycles. The van der Waals surface area contributed by atoms with Crippen molar-refractivity contribution >= 4 is 27.5 Å². The van der Waals surface area contributed by atoms with Crippen LogP contribution < -0.4 is 4.31 Å². The van der Waals surface area contributed by atoms with Crippen molar-refractivity contribution < 1.29 is 22.7 Å². The van der Waals surface area contributed by atoms with Gasteiger partial charge < -0.3 is 4.74 Å². The Labute approximate surface area is 164 Å². The van der Waals surface area contributed by atoms with Gasteiger partial charge in [0.15, 0.2) is 0 Å². The third-order valence-electron chi connectivity index (χ3n) is 4.61. The molecular formula is C20H22N2O5S. The number of hydrogen-bond acceptors (Lipinski definition) is 5. The Morgan fingerprint density at radius 1 is 0.964 bits per heavy atom. The Balaban J connectivity index is 1.48. The van der Waals surface area contributed by atoms with Crippen LogP contribution in [-0.2, 0) is 14.8 Å². The van der Waals surface area contributed by atoms with Crippen LogP contribution >= 0.6 is 0 Å². The number of rotatable bonds is 8. The fourth-order valence-corrected chi connectivity index (χ4v) is 4.02. The molecule has 0 unspecified atom stereocenters. The van der Waals surface area contributed by atoms with E-state index >= 15 is 0 Å². The van der Waals surface area contributed by atoms with Crippen LogP contribution in [0.25, 0.3) is 0 Å². The Morgan fingerprint density at radius 2 is 1.61 bits per heavy atom. The van der Waals surface area contributed by atoms with Gasteiger partial charge in [0.1, 0.15) is 0 Å². The van der Waals surface area contributed by atoms with Gasteiger partial charge in [0, 0.05) is 7.05 Å². The SMILES string of the molecule is Cc1cccc(N(C)S(=O)(=O)CCOCCN2C(=O)c3ccccc3C2=O)c1. The molecule has 8 heteroatoms. The summed E-state index contributed by atoms with van der Waals surface area (Å²) < 4.78 is 31.5. The zero-order valence-corrected chi connectivity index (χ0v) is 16.6. The van der Waals surface area contributed by atoms with Crippen molar-refractivity contribution in [2.45, 2.75) is 6.92 Å². The average Bonchev–Trinajstić information content (AvgIpc) is 2.92. The second kappa shape index (κ2) is 8.12. The molecule has 2 amide bonds. The molecule has 2 aromatic rings. The van der Waals surface area contributed by atoms with Crippen LogP contribution in [0.1, 0.15) is 26.3 Å². The van der Waals surface area contributed by atoms with Crippen LogP contribution in [0, 0.1) is 6.92 Å². The van der Waals surface area contributed by atoms with Crippen LogP contribution in [-0.4, -0.2) is 57.7 Å². The predicted octanol–water partition coefficient (Wildman–Crippen LogP) is 2.07. The molecule has 7 nitrogen and oxygen atoms in total. The maximum absolute atomic E-state index is 12.4. The fourth-order valence-electron chi connectivity index (χ4n) is 2.99.